The van der Waals surface area contributed by atoms with Gasteiger partial charge in [0, 0.05) is 35.8 Å². The second-order valence-electron chi connectivity index (χ2n) is 5.44. The van der Waals surface area contributed by atoms with Gasteiger partial charge in [-0.2, -0.15) is 16.9 Å². The number of thioether (sulfide) groups is 1. The maximum absolute atomic E-state index is 12.8. The van der Waals surface area contributed by atoms with Crippen LogP contribution in [0.25, 0.3) is 0 Å². The van der Waals surface area contributed by atoms with Gasteiger partial charge >= 0.3 is 0 Å². The van der Waals surface area contributed by atoms with Gasteiger partial charge in [0.2, 0.25) is 0 Å². The van der Waals surface area contributed by atoms with Crippen LogP contribution in [0.15, 0.2) is 30.3 Å². The molecule has 1 fully saturated rings. The molecule has 1 atom stereocenters. The van der Waals surface area contributed by atoms with Gasteiger partial charge in [-0.3, -0.25) is 9.48 Å². The Bertz CT molecular complexity index is 664. The van der Waals surface area contributed by atoms with Gasteiger partial charge in [-0.1, -0.05) is 23.7 Å². The lowest BCUT2D eigenvalue weighted by Crippen LogP contribution is -2.41. The number of hydrogen-bond acceptors (Lipinski definition) is 3. The van der Waals surface area contributed by atoms with E-state index in [1.807, 2.05) is 61.0 Å². The van der Waals surface area contributed by atoms with Crippen LogP contribution in [0.1, 0.15) is 27.8 Å². The zero-order valence-electron chi connectivity index (χ0n) is 12.6. The minimum absolute atomic E-state index is 0.00366. The first-order chi connectivity index (χ1) is 10.6. The topological polar surface area (TPSA) is 38.1 Å². The third kappa shape index (κ3) is 3.01. The van der Waals surface area contributed by atoms with Crippen molar-refractivity contribution in [3.8, 4) is 0 Å². The second-order valence-corrected chi connectivity index (χ2v) is 7.02. The first-order valence-corrected chi connectivity index (χ1v) is 8.74. The van der Waals surface area contributed by atoms with Gasteiger partial charge in [0.15, 0.2) is 5.69 Å². The molecular formula is C16H18ClN3OS. The van der Waals surface area contributed by atoms with Crippen LogP contribution >= 0.6 is 23.4 Å². The summed E-state index contributed by atoms with van der Waals surface area (Å²) in [4.78, 5) is 14.8. The van der Waals surface area contributed by atoms with Gasteiger partial charge in [-0.05, 0) is 30.7 Å². The van der Waals surface area contributed by atoms with Crippen molar-refractivity contribution in [2.45, 2.75) is 13.0 Å². The standard InChI is InChI=1S/C16H18ClN3OS/c1-11-9-14(18-19(11)2)16(21)20-7-8-22-10-15(20)12-3-5-13(17)6-4-12/h3-6,9,15H,7-8,10H2,1-2H3. The van der Waals surface area contributed by atoms with Crippen LogP contribution in [0.4, 0.5) is 0 Å². The van der Waals surface area contributed by atoms with Crippen LogP contribution in [0.2, 0.25) is 5.02 Å². The third-order valence-corrected chi connectivity index (χ3v) is 5.25. The van der Waals surface area contributed by atoms with Crippen molar-refractivity contribution in [3.05, 3.63) is 52.3 Å². The van der Waals surface area contributed by atoms with E-state index < -0.39 is 0 Å². The molecule has 1 aliphatic rings. The Balaban J connectivity index is 1.89. The molecule has 0 bridgehead atoms. The smallest absolute Gasteiger partial charge is 0.274 e. The Morgan fingerprint density at radius 1 is 1.36 bits per heavy atom. The molecule has 0 radical (unpaired) electrons. The normalized spacial score (nSPS) is 18.5. The summed E-state index contributed by atoms with van der Waals surface area (Å²) in [6, 6.07) is 9.69. The zero-order valence-corrected chi connectivity index (χ0v) is 14.2. The molecule has 1 aromatic heterocycles. The van der Waals surface area contributed by atoms with Crippen molar-refractivity contribution < 1.29 is 4.79 Å². The van der Waals surface area contributed by atoms with Gasteiger partial charge in [-0.15, -0.1) is 0 Å². The Hall–Kier alpha value is -1.46. The molecule has 2 heterocycles. The highest BCUT2D eigenvalue weighted by Gasteiger charge is 2.30. The average Bonchev–Trinajstić information content (AvgIpc) is 2.87. The van der Waals surface area contributed by atoms with E-state index in [9.17, 15) is 4.79 Å². The predicted molar refractivity (Wildman–Crippen MR) is 90.5 cm³/mol. The lowest BCUT2D eigenvalue weighted by molar-refractivity contribution is 0.0694. The van der Waals surface area contributed by atoms with Crippen molar-refractivity contribution in [2.24, 2.45) is 7.05 Å². The van der Waals surface area contributed by atoms with E-state index >= 15 is 0 Å². The van der Waals surface area contributed by atoms with Gasteiger partial charge in [0.1, 0.15) is 0 Å². The van der Waals surface area contributed by atoms with E-state index in [2.05, 4.69) is 5.10 Å². The van der Waals surface area contributed by atoms with E-state index in [0.717, 1.165) is 29.3 Å². The fraction of sp³-hybridized carbons (Fsp3) is 0.375. The number of amides is 1. The SMILES string of the molecule is Cc1cc(C(=O)N2CCSCC2c2ccc(Cl)cc2)nn1C. The maximum Gasteiger partial charge on any atom is 0.274 e. The van der Waals surface area contributed by atoms with Gasteiger partial charge in [0.25, 0.3) is 5.91 Å². The van der Waals surface area contributed by atoms with E-state index in [0.29, 0.717) is 10.7 Å². The molecule has 2 aromatic rings. The van der Waals surface area contributed by atoms with Crippen LogP contribution in [0.5, 0.6) is 0 Å². The molecule has 1 aliphatic heterocycles. The monoisotopic (exact) mass is 335 g/mol. The van der Waals surface area contributed by atoms with Crippen molar-refractivity contribution in [1.29, 1.82) is 0 Å². The minimum atomic E-state index is 0.00366. The summed E-state index contributed by atoms with van der Waals surface area (Å²) in [6.45, 7) is 2.69. The van der Waals surface area contributed by atoms with E-state index in [1.165, 1.54) is 0 Å². The molecule has 4 nitrogen and oxygen atoms in total. The summed E-state index contributed by atoms with van der Waals surface area (Å²) in [5.41, 5.74) is 2.63. The molecule has 116 valence electrons. The fourth-order valence-electron chi connectivity index (χ4n) is 2.62. The van der Waals surface area contributed by atoms with Crippen molar-refractivity contribution in [3.63, 3.8) is 0 Å². The molecule has 0 N–H and O–H groups in total. The average molecular weight is 336 g/mol. The van der Waals surface area contributed by atoms with Gasteiger partial charge in [-0.25, -0.2) is 0 Å². The number of carbonyl (C=O) groups excluding carboxylic acids is 1. The highest BCUT2D eigenvalue weighted by molar-refractivity contribution is 7.99. The molecular weight excluding hydrogens is 318 g/mol. The van der Waals surface area contributed by atoms with Crippen LogP contribution in [0, 0.1) is 6.92 Å². The lowest BCUT2D eigenvalue weighted by atomic mass is 10.1. The molecule has 0 aliphatic carbocycles. The van der Waals surface area contributed by atoms with E-state index in [-0.39, 0.29) is 11.9 Å². The first-order valence-electron chi connectivity index (χ1n) is 7.21. The molecule has 22 heavy (non-hydrogen) atoms. The molecule has 0 spiro atoms. The summed E-state index contributed by atoms with van der Waals surface area (Å²) in [6.07, 6.45) is 0. The number of aryl methyl sites for hydroxylation is 2. The number of aromatic nitrogens is 2. The maximum atomic E-state index is 12.8. The largest absolute Gasteiger partial charge is 0.329 e. The predicted octanol–water partition coefficient (Wildman–Crippen LogP) is 3.31. The Kier molecular flexibility index (Phi) is 4.45. The second kappa shape index (κ2) is 6.34. The number of hydrogen-bond donors (Lipinski definition) is 0. The number of benzene rings is 1. The number of carbonyl (C=O) groups is 1. The van der Waals surface area contributed by atoms with E-state index in [1.54, 1.807) is 4.68 Å². The Labute approximate surface area is 139 Å². The molecule has 1 saturated heterocycles. The van der Waals surface area contributed by atoms with Crippen molar-refractivity contribution >= 4 is 29.3 Å². The van der Waals surface area contributed by atoms with Crippen LogP contribution in [0.3, 0.4) is 0 Å². The molecule has 1 unspecified atom stereocenters. The number of nitrogens with zero attached hydrogens (tertiary/aromatic N) is 3. The van der Waals surface area contributed by atoms with E-state index in [4.69, 9.17) is 11.6 Å². The van der Waals surface area contributed by atoms with Crippen LogP contribution in [-0.2, 0) is 7.05 Å². The van der Waals surface area contributed by atoms with Gasteiger partial charge < -0.3 is 4.90 Å². The molecule has 0 saturated carbocycles. The number of rotatable bonds is 2. The van der Waals surface area contributed by atoms with Gasteiger partial charge in [0.05, 0.1) is 6.04 Å². The van der Waals surface area contributed by atoms with Crippen LogP contribution in [-0.4, -0.2) is 38.6 Å². The zero-order chi connectivity index (χ0) is 15.7. The Morgan fingerprint density at radius 2 is 2.09 bits per heavy atom. The quantitative estimate of drug-likeness (QED) is 0.845. The Morgan fingerprint density at radius 3 is 2.73 bits per heavy atom. The molecule has 1 amide bonds. The highest BCUT2D eigenvalue weighted by atomic mass is 35.5. The lowest BCUT2D eigenvalue weighted by Gasteiger charge is -2.35. The van der Waals surface area contributed by atoms with Crippen molar-refractivity contribution in [1.82, 2.24) is 14.7 Å². The fourth-order valence-corrected chi connectivity index (χ4v) is 3.83. The van der Waals surface area contributed by atoms with Crippen molar-refractivity contribution in [2.75, 3.05) is 18.1 Å². The summed E-state index contributed by atoms with van der Waals surface area (Å²) in [5.74, 6) is 1.87. The minimum Gasteiger partial charge on any atom is -0.329 e. The summed E-state index contributed by atoms with van der Waals surface area (Å²) < 4.78 is 1.74. The summed E-state index contributed by atoms with van der Waals surface area (Å²) in [7, 11) is 1.86. The number of halogens is 1. The third-order valence-electron chi connectivity index (χ3n) is 3.98. The molecule has 6 heteroatoms. The summed E-state index contributed by atoms with van der Waals surface area (Å²) >= 11 is 7.84. The first kappa shape index (κ1) is 15.4. The summed E-state index contributed by atoms with van der Waals surface area (Å²) in [5, 5.41) is 5.04. The molecule has 3 rings (SSSR count). The van der Waals surface area contributed by atoms with Crippen LogP contribution < -0.4 is 0 Å². The highest BCUT2D eigenvalue weighted by Crippen LogP contribution is 2.31. The molecule has 1 aromatic carbocycles.